The zero-order valence-corrected chi connectivity index (χ0v) is 16.8. The molecule has 0 amide bonds. The van der Waals surface area contributed by atoms with Gasteiger partial charge in [-0.3, -0.25) is 14.9 Å². The number of anilines is 1. The molecule has 2 rings (SSSR count). The Bertz CT molecular complexity index is 610. The zero-order chi connectivity index (χ0) is 19.0. The van der Waals surface area contributed by atoms with Gasteiger partial charge in [0.25, 0.3) is 5.69 Å². The van der Waals surface area contributed by atoms with Crippen LogP contribution in [0, 0.1) is 23.0 Å². The topological polar surface area (TPSA) is 85.6 Å². The molecule has 1 aliphatic rings. The number of pyridine rings is 1. The quantitative estimate of drug-likeness (QED) is 0.309. The fourth-order valence-corrected chi connectivity index (χ4v) is 3.52. The second-order valence-electron chi connectivity index (χ2n) is 5.62. The van der Waals surface area contributed by atoms with Crippen LogP contribution in [0.3, 0.4) is 0 Å². The highest BCUT2D eigenvalue weighted by atomic mass is 79.9. The first-order valence-corrected chi connectivity index (χ1v) is 9.43. The van der Waals surface area contributed by atoms with Crippen LogP contribution in [-0.2, 0) is 9.53 Å². The molecule has 1 aromatic rings. The van der Waals surface area contributed by atoms with Crippen molar-refractivity contribution in [2.75, 3.05) is 24.6 Å². The standard InChI is InChI=1S/C15H20BrN3O4.C2H6/c1-3-23-14(20)7-11-5-4-6-18(9-11)15-10(2)17-13(16)8-12(15)19(21)22;1-2/h8,11H,3-7,9H2,1-2H3;1-2H3. The molecule has 1 aromatic heterocycles. The van der Waals surface area contributed by atoms with Crippen LogP contribution in [-0.4, -0.2) is 35.6 Å². The number of aryl methyl sites for hydroxylation is 1. The largest absolute Gasteiger partial charge is 0.466 e. The van der Waals surface area contributed by atoms with Gasteiger partial charge in [0.1, 0.15) is 10.3 Å². The van der Waals surface area contributed by atoms with Gasteiger partial charge in [0.2, 0.25) is 0 Å². The molecule has 1 aliphatic heterocycles. The highest BCUT2D eigenvalue weighted by Crippen LogP contribution is 2.36. The van der Waals surface area contributed by atoms with Gasteiger partial charge in [0.05, 0.1) is 29.7 Å². The number of carbonyl (C=O) groups excluding carboxylic acids is 1. The van der Waals surface area contributed by atoms with Crippen LogP contribution in [0.5, 0.6) is 0 Å². The molecule has 0 N–H and O–H groups in total. The molecule has 2 heterocycles. The first-order chi connectivity index (χ1) is 11.9. The fraction of sp³-hybridized carbons (Fsp3) is 0.647. The minimum absolute atomic E-state index is 0.0427. The summed E-state index contributed by atoms with van der Waals surface area (Å²) in [7, 11) is 0. The van der Waals surface area contributed by atoms with Crippen molar-refractivity contribution in [3.63, 3.8) is 0 Å². The number of nitro groups is 1. The second kappa shape index (κ2) is 10.3. The number of aromatic nitrogens is 1. The first kappa shape index (κ1) is 21.3. The van der Waals surface area contributed by atoms with Gasteiger partial charge in [0, 0.05) is 13.1 Å². The third kappa shape index (κ3) is 5.95. The molecular formula is C17H26BrN3O4. The van der Waals surface area contributed by atoms with Gasteiger partial charge >= 0.3 is 5.97 Å². The van der Waals surface area contributed by atoms with Crippen LogP contribution in [0.25, 0.3) is 0 Å². The number of halogens is 1. The molecule has 140 valence electrons. The molecule has 1 fully saturated rings. The van der Waals surface area contributed by atoms with E-state index in [1.54, 1.807) is 13.8 Å². The van der Waals surface area contributed by atoms with Crippen molar-refractivity contribution in [2.24, 2.45) is 5.92 Å². The van der Waals surface area contributed by atoms with Gasteiger partial charge in [-0.15, -0.1) is 0 Å². The lowest BCUT2D eigenvalue weighted by Gasteiger charge is -2.34. The van der Waals surface area contributed by atoms with Crippen LogP contribution in [0.1, 0.15) is 45.7 Å². The lowest BCUT2D eigenvalue weighted by Crippen LogP contribution is -2.37. The maximum Gasteiger partial charge on any atom is 0.306 e. The van der Waals surface area contributed by atoms with E-state index in [0.29, 0.717) is 35.6 Å². The number of hydrogen-bond donors (Lipinski definition) is 0. The van der Waals surface area contributed by atoms with Crippen molar-refractivity contribution in [1.29, 1.82) is 0 Å². The molecule has 0 spiro atoms. The molecule has 25 heavy (non-hydrogen) atoms. The smallest absolute Gasteiger partial charge is 0.306 e. The van der Waals surface area contributed by atoms with E-state index in [0.717, 1.165) is 19.4 Å². The Balaban J connectivity index is 0.00000151. The summed E-state index contributed by atoms with van der Waals surface area (Å²) >= 11 is 3.21. The predicted octanol–water partition coefficient (Wildman–Crippen LogP) is 4.26. The summed E-state index contributed by atoms with van der Waals surface area (Å²) in [6, 6.07) is 1.43. The van der Waals surface area contributed by atoms with Gasteiger partial charge < -0.3 is 9.64 Å². The van der Waals surface area contributed by atoms with Crippen molar-refractivity contribution in [1.82, 2.24) is 4.98 Å². The lowest BCUT2D eigenvalue weighted by molar-refractivity contribution is -0.384. The third-order valence-corrected chi connectivity index (χ3v) is 4.31. The molecule has 0 bridgehead atoms. The first-order valence-electron chi connectivity index (χ1n) is 8.64. The average molecular weight is 416 g/mol. The minimum atomic E-state index is -0.385. The van der Waals surface area contributed by atoms with Crippen molar-refractivity contribution in [3.8, 4) is 0 Å². The van der Waals surface area contributed by atoms with Crippen LogP contribution < -0.4 is 4.90 Å². The van der Waals surface area contributed by atoms with Crippen molar-refractivity contribution < 1.29 is 14.5 Å². The molecule has 1 atom stereocenters. The van der Waals surface area contributed by atoms with Gasteiger partial charge in [-0.05, 0) is 48.5 Å². The predicted molar refractivity (Wildman–Crippen MR) is 101 cm³/mol. The van der Waals surface area contributed by atoms with E-state index >= 15 is 0 Å². The van der Waals surface area contributed by atoms with E-state index in [1.807, 2.05) is 18.7 Å². The van der Waals surface area contributed by atoms with E-state index in [4.69, 9.17) is 4.74 Å². The number of ether oxygens (including phenoxy) is 1. The van der Waals surface area contributed by atoms with Gasteiger partial charge in [-0.2, -0.15) is 0 Å². The van der Waals surface area contributed by atoms with Gasteiger partial charge in [-0.25, -0.2) is 4.98 Å². The fourth-order valence-electron chi connectivity index (χ4n) is 3.03. The Morgan fingerprint density at radius 2 is 2.20 bits per heavy atom. The molecule has 1 saturated heterocycles. The second-order valence-corrected chi connectivity index (χ2v) is 6.43. The summed E-state index contributed by atoms with van der Waals surface area (Å²) in [5, 5.41) is 11.4. The van der Waals surface area contributed by atoms with Crippen LogP contribution in [0.2, 0.25) is 0 Å². The van der Waals surface area contributed by atoms with E-state index in [2.05, 4.69) is 20.9 Å². The van der Waals surface area contributed by atoms with E-state index < -0.39 is 0 Å². The molecule has 8 heteroatoms. The van der Waals surface area contributed by atoms with Crippen LogP contribution in [0.4, 0.5) is 11.4 Å². The maximum absolute atomic E-state index is 11.7. The van der Waals surface area contributed by atoms with E-state index in [9.17, 15) is 14.9 Å². The SMILES string of the molecule is CC.CCOC(=O)CC1CCCN(c2c([N+](=O)[O-])cc(Br)nc2C)C1. The summed E-state index contributed by atoms with van der Waals surface area (Å²) in [5.74, 6) is -0.0649. The monoisotopic (exact) mass is 415 g/mol. The zero-order valence-electron chi connectivity index (χ0n) is 15.2. The van der Waals surface area contributed by atoms with Crippen molar-refractivity contribution in [3.05, 3.63) is 26.5 Å². The van der Waals surface area contributed by atoms with E-state index in [1.165, 1.54) is 6.07 Å². The summed E-state index contributed by atoms with van der Waals surface area (Å²) in [6.07, 6.45) is 2.16. The van der Waals surface area contributed by atoms with Crippen molar-refractivity contribution >= 4 is 33.3 Å². The number of nitrogens with zero attached hydrogens (tertiary/aromatic N) is 3. The molecule has 0 aromatic carbocycles. The number of rotatable bonds is 5. The highest BCUT2D eigenvalue weighted by Gasteiger charge is 2.29. The van der Waals surface area contributed by atoms with Gasteiger partial charge in [0.15, 0.2) is 0 Å². The Labute approximate surface area is 157 Å². The molecular weight excluding hydrogens is 390 g/mol. The van der Waals surface area contributed by atoms with Crippen LogP contribution >= 0.6 is 15.9 Å². The van der Waals surface area contributed by atoms with Crippen molar-refractivity contribution in [2.45, 2.75) is 47.0 Å². The summed E-state index contributed by atoms with van der Waals surface area (Å²) < 4.78 is 5.45. The highest BCUT2D eigenvalue weighted by molar-refractivity contribution is 9.10. The Morgan fingerprint density at radius 3 is 2.80 bits per heavy atom. The Morgan fingerprint density at radius 1 is 1.52 bits per heavy atom. The summed E-state index contributed by atoms with van der Waals surface area (Å²) in [6.45, 7) is 9.25. The third-order valence-electron chi connectivity index (χ3n) is 3.91. The lowest BCUT2D eigenvalue weighted by atomic mass is 9.94. The van der Waals surface area contributed by atoms with Gasteiger partial charge in [-0.1, -0.05) is 13.8 Å². The molecule has 0 aliphatic carbocycles. The average Bonchev–Trinajstić information content (AvgIpc) is 2.56. The molecule has 0 saturated carbocycles. The Kier molecular flexibility index (Phi) is 8.82. The molecule has 7 nitrogen and oxygen atoms in total. The van der Waals surface area contributed by atoms with Crippen LogP contribution in [0.15, 0.2) is 10.7 Å². The normalized spacial score (nSPS) is 16.7. The molecule has 0 radical (unpaired) electrons. The number of carbonyl (C=O) groups is 1. The Hall–Kier alpha value is -1.70. The summed E-state index contributed by atoms with van der Waals surface area (Å²) in [4.78, 5) is 28.9. The minimum Gasteiger partial charge on any atom is -0.466 e. The summed E-state index contributed by atoms with van der Waals surface area (Å²) in [5.41, 5.74) is 1.20. The molecule has 1 unspecified atom stereocenters. The van der Waals surface area contributed by atoms with E-state index in [-0.39, 0.29) is 22.5 Å². The number of piperidine rings is 1. The maximum atomic E-state index is 11.7. The number of esters is 1. The number of hydrogen-bond acceptors (Lipinski definition) is 6.